The second kappa shape index (κ2) is 16.0. The highest BCUT2D eigenvalue weighted by Gasteiger charge is 2.20. The van der Waals surface area contributed by atoms with Gasteiger partial charge in [0, 0.05) is 18.2 Å². The standard InChI is InChI=1S/C38H47N3O2S/c1-4-13-28(14-5-2)17-12-18-29-21-23-32-31(25-29)22-24-35(43-37(42)6-3)33(32)26-39-41(27-30-15-8-7-9-16-30)38-40-34-19-10-11-20-36(34)44-38/h6,10-11,19-26,28,30H,3-5,7-9,12-18,27H2,1-2H3/b39-26+. The number of aromatic nitrogens is 1. The third kappa shape index (κ3) is 8.35. The smallest absolute Gasteiger partial charge is 0.335 e. The fourth-order valence-electron chi connectivity index (χ4n) is 6.64. The van der Waals surface area contributed by atoms with Gasteiger partial charge in [-0.1, -0.05) is 120 Å². The lowest BCUT2D eigenvalue weighted by Crippen LogP contribution is -2.26. The van der Waals surface area contributed by atoms with Crippen molar-refractivity contribution in [3.63, 3.8) is 0 Å². The first-order chi connectivity index (χ1) is 21.6. The SMILES string of the molecule is C=CC(=O)Oc1ccc2cc(CCCC(CCC)CCC)ccc2c1/C=N/N(CC1CCCCC1)c1nc2ccccc2s1. The molecular formula is C38H47N3O2S. The molecule has 0 amide bonds. The van der Waals surface area contributed by atoms with E-state index in [2.05, 4.69) is 61.8 Å². The van der Waals surface area contributed by atoms with E-state index in [9.17, 15) is 4.79 Å². The monoisotopic (exact) mass is 609 g/mol. The number of para-hydroxylation sites is 1. The van der Waals surface area contributed by atoms with Crippen molar-refractivity contribution >= 4 is 49.6 Å². The first-order valence-corrected chi connectivity index (χ1v) is 17.5. The molecule has 1 heterocycles. The highest BCUT2D eigenvalue weighted by Crippen LogP contribution is 2.33. The number of thiazole rings is 1. The van der Waals surface area contributed by atoms with Crippen LogP contribution in [0.2, 0.25) is 0 Å². The van der Waals surface area contributed by atoms with Gasteiger partial charge in [-0.3, -0.25) is 0 Å². The molecular weight excluding hydrogens is 563 g/mol. The van der Waals surface area contributed by atoms with Crippen LogP contribution in [0.4, 0.5) is 5.13 Å². The van der Waals surface area contributed by atoms with Crippen molar-refractivity contribution in [2.75, 3.05) is 11.6 Å². The van der Waals surface area contributed by atoms with Crippen LogP contribution in [-0.4, -0.2) is 23.7 Å². The molecule has 1 aliphatic rings. The predicted octanol–water partition coefficient (Wildman–Crippen LogP) is 10.5. The molecule has 1 fully saturated rings. The topological polar surface area (TPSA) is 54.8 Å². The van der Waals surface area contributed by atoms with E-state index in [1.165, 1.54) is 82.3 Å². The summed E-state index contributed by atoms with van der Waals surface area (Å²) < 4.78 is 6.88. The largest absolute Gasteiger partial charge is 0.423 e. The number of esters is 1. The van der Waals surface area contributed by atoms with Crippen LogP contribution >= 0.6 is 11.3 Å². The number of nitrogens with zero attached hydrogens (tertiary/aromatic N) is 3. The molecule has 0 aliphatic heterocycles. The average Bonchev–Trinajstić information content (AvgIpc) is 3.48. The molecule has 0 saturated heterocycles. The quantitative estimate of drug-likeness (QED) is 0.0442. The molecule has 44 heavy (non-hydrogen) atoms. The maximum Gasteiger partial charge on any atom is 0.335 e. The summed E-state index contributed by atoms with van der Waals surface area (Å²) in [4.78, 5) is 17.3. The Morgan fingerprint density at radius 3 is 2.61 bits per heavy atom. The van der Waals surface area contributed by atoms with Gasteiger partial charge in [0.1, 0.15) is 5.75 Å². The van der Waals surface area contributed by atoms with Crippen molar-refractivity contribution in [3.8, 4) is 5.75 Å². The van der Waals surface area contributed by atoms with Crippen molar-refractivity contribution in [1.82, 2.24) is 4.98 Å². The summed E-state index contributed by atoms with van der Waals surface area (Å²) in [6.45, 7) is 9.01. The summed E-state index contributed by atoms with van der Waals surface area (Å²) in [6, 6.07) is 18.9. The van der Waals surface area contributed by atoms with Crippen LogP contribution in [0.1, 0.15) is 95.6 Å². The Balaban J connectivity index is 1.45. The molecule has 0 bridgehead atoms. The Morgan fingerprint density at radius 1 is 1.07 bits per heavy atom. The van der Waals surface area contributed by atoms with Crippen molar-refractivity contribution in [2.45, 2.75) is 90.9 Å². The van der Waals surface area contributed by atoms with Gasteiger partial charge in [-0.05, 0) is 72.1 Å². The van der Waals surface area contributed by atoms with Crippen LogP contribution in [-0.2, 0) is 11.2 Å². The van der Waals surface area contributed by atoms with E-state index in [0.29, 0.717) is 11.7 Å². The van der Waals surface area contributed by atoms with Crippen LogP contribution in [0.15, 0.2) is 72.4 Å². The molecule has 1 aliphatic carbocycles. The lowest BCUT2D eigenvalue weighted by atomic mass is 9.89. The van der Waals surface area contributed by atoms with Gasteiger partial charge in [-0.25, -0.2) is 14.8 Å². The lowest BCUT2D eigenvalue weighted by Gasteiger charge is -2.26. The molecule has 1 aromatic heterocycles. The Bertz CT molecular complexity index is 1530. The molecule has 0 N–H and O–H groups in total. The van der Waals surface area contributed by atoms with E-state index in [4.69, 9.17) is 14.8 Å². The molecule has 0 radical (unpaired) electrons. The van der Waals surface area contributed by atoms with Crippen LogP contribution < -0.4 is 9.75 Å². The van der Waals surface area contributed by atoms with E-state index >= 15 is 0 Å². The summed E-state index contributed by atoms with van der Waals surface area (Å²) in [6.07, 6.45) is 18.1. The molecule has 5 nitrogen and oxygen atoms in total. The number of anilines is 1. The third-order valence-electron chi connectivity index (χ3n) is 8.92. The van der Waals surface area contributed by atoms with Gasteiger partial charge in [0.05, 0.1) is 16.4 Å². The maximum atomic E-state index is 12.3. The summed E-state index contributed by atoms with van der Waals surface area (Å²) in [7, 11) is 0. The third-order valence-corrected chi connectivity index (χ3v) is 9.97. The Morgan fingerprint density at radius 2 is 1.86 bits per heavy atom. The van der Waals surface area contributed by atoms with Crippen LogP contribution in [0, 0.1) is 11.8 Å². The molecule has 1 saturated carbocycles. The number of aryl methyl sites for hydroxylation is 1. The number of ether oxygens (including phenoxy) is 1. The summed E-state index contributed by atoms with van der Waals surface area (Å²) in [5.74, 6) is 1.43. The minimum Gasteiger partial charge on any atom is -0.423 e. The van der Waals surface area contributed by atoms with Gasteiger partial charge in [-0.2, -0.15) is 5.10 Å². The van der Waals surface area contributed by atoms with E-state index in [0.717, 1.165) is 50.6 Å². The Hall–Kier alpha value is -3.51. The van der Waals surface area contributed by atoms with E-state index < -0.39 is 5.97 Å². The number of carbonyl (C=O) groups excluding carboxylic acids is 1. The number of rotatable bonds is 15. The minimum absolute atomic E-state index is 0.477. The lowest BCUT2D eigenvalue weighted by molar-refractivity contribution is -0.128. The number of benzene rings is 3. The van der Waals surface area contributed by atoms with Crippen LogP contribution in [0.25, 0.3) is 21.0 Å². The zero-order valence-corrected chi connectivity index (χ0v) is 27.3. The number of hydrogen-bond acceptors (Lipinski definition) is 6. The van der Waals surface area contributed by atoms with Gasteiger partial charge in [0.15, 0.2) is 0 Å². The number of hydrogen-bond donors (Lipinski definition) is 0. The fraction of sp³-hybridized carbons (Fsp3) is 0.447. The zero-order valence-electron chi connectivity index (χ0n) is 26.5. The fourth-order valence-corrected chi connectivity index (χ4v) is 7.57. The van der Waals surface area contributed by atoms with Crippen LogP contribution in [0.5, 0.6) is 5.75 Å². The normalized spacial score (nSPS) is 14.2. The summed E-state index contributed by atoms with van der Waals surface area (Å²) >= 11 is 1.67. The van der Waals surface area contributed by atoms with E-state index in [1.807, 2.05) is 24.4 Å². The average molecular weight is 610 g/mol. The van der Waals surface area contributed by atoms with Gasteiger partial charge in [-0.15, -0.1) is 0 Å². The molecule has 4 aromatic rings. The molecule has 3 aromatic carbocycles. The minimum atomic E-state index is -0.477. The molecule has 0 spiro atoms. The highest BCUT2D eigenvalue weighted by molar-refractivity contribution is 7.22. The first kappa shape index (κ1) is 31.9. The number of fused-ring (bicyclic) bond motifs is 2. The first-order valence-electron chi connectivity index (χ1n) is 16.6. The molecule has 0 atom stereocenters. The molecule has 5 rings (SSSR count). The van der Waals surface area contributed by atoms with Crippen molar-refractivity contribution in [2.24, 2.45) is 16.9 Å². The van der Waals surface area contributed by atoms with Crippen molar-refractivity contribution in [1.29, 1.82) is 0 Å². The van der Waals surface area contributed by atoms with Crippen molar-refractivity contribution < 1.29 is 9.53 Å². The number of hydrazone groups is 1. The molecule has 0 unspecified atom stereocenters. The zero-order chi connectivity index (χ0) is 30.7. The predicted molar refractivity (Wildman–Crippen MR) is 187 cm³/mol. The van der Waals surface area contributed by atoms with Gasteiger partial charge in [0.25, 0.3) is 0 Å². The van der Waals surface area contributed by atoms with E-state index in [1.54, 1.807) is 11.3 Å². The van der Waals surface area contributed by atoms with Crippen LogP contribution in [0.3, 0.4) is 0 Å². The Labute approximate surface area is 267 Å². The van der Waals surface area contributed by atoms with Gasteiger partial charge in [0.2, 0.25) is 5.13 Å². The van der Waals surface area contributed by atoms with E-state index in [-0.39, 0.29) is 0 Å². The number of carbonyl (C=O) groups is 1. The molecule has 232 valence electrons. The molecule has 6 heteroatoms. The summed E-state index contributed by atoms with van der Waals surface area (Å²) in [5.41, 5.74) is 3.13. The second-order valence-corrected chi connectivity index (χ2v) is 13.3. The highest BCUT2D eigenvalue weighted by atomic mass is 32.1. The maximum absolute atomic E-state index is 12.3. The van der Waals surface area contributed by atoms with Gasteiger partial charge >= 0.3 is 5.97 Å². The van der Waals surface area contributed by atoms with Crippen molar-refractivity contribution in [3.05, 3.63) is 78.4 Å². The van der Waals surface area contributed by atoms with Gasteiger partial charge < -0.3 is 4.74 Å². The summed E-state index contributed by atoms with van der Waals surface area (Å²) in [5, 5.41) is 10.2. The Kier molecular flexibility index (Phi) is 11.6. The second-order valence-electron chi connectivity index (χ2n) is 12.3.